The molecule has 0 radical (unpaired) electrons. The highest BCUT2D eigenvalue weighted by atomic mass is 16.4. The largest absolute Gasteiger partial charge is 0.480 e. The van der Waals surface area contributed by atoms with Crippen LogP contribution in [0.3, 0.4) is 0 Å². The topological polar surface area (TPSA) is 83.4 Å². The van der Waals surface area contributed by atoms with Gasteiger partial charge in [-0.15, -0.1) is 6.42 Å². The van der Waals surface area contributed by atoms with E-state index in [1.807, 2.05) is 0 Å². The van der Waals surface area contributed by atoms with Gasteiger partial charge in [-0.1, -0.05) is 5.92 Å². The lowest BCUT2D eigenvalue weighted by Gasteiger charge is -2.16. The quantitative estimate of drug-likeness (QED) is 0.699. The summed E-state index contributed by atoms with van der Waals surface area (Å²) in [6.07, 6.45) is 9.07. The standard InChI is InChI=1S/C10H9N3O3/c1-2-5-13(7-9(14)15)10(16)8-6-11-3-4-12-8/h1,3-4,6H,5,7H2,(H,14,15). The molecule has 0 aromatic carbocycles. The summed E-state index contributed by atoms with van der Waals surface area (Å²) in [6.45, 7) is -0.540. The molecule has 1 rings (SSSR count). The van der Waals surface area contributed by atoms with Crippen LogP contribution in [0, 0.1) is 12.3 Å². The highest BCUT2D eigenvalue weighted by molar-refractivity contribution is 5.93. The number of carbonyl (C=O) groups excluding carboxylic acids is 1. The van der Waals surface area contributed by atoms with Crippen molar-refractivity contribution in [2.45, 2.75) is 0 Å². The van der Waals surface area contributed by atoms with E-state index in [1.165, 1.54) is 18.6 Å². The molecule has 1 amide bonds. The van der Waals surface area contributed by atoms with E-state index in [9.17, 15) is 9.59 Å². The van der Waals surface area contributed by atoms with Crippen LogP contribution in [0.4, 0.5) is 0 Å². The van der Waals surface area contributed by atoms with Crippen molar-refractivity contribution in [3.63, 3.8) is 0 Å². The van der Waals surface area contributed by atoms with Crippen LogP contribution in [0.1, 0.15) is 10.5 Å². The van der Waals surface area contributed by atoms with Crippen molar-refractivity contribution >= 4 is 11.9 Å². The number of carbonyl (C=O) groups is 2. The zero-order valence-electron chi connectivity index (χ0n) is 8.33. The van der Waals surface area contributed by atoms with E-state index in [1.54, 1.807) is 0 Å². The van der Waals surface area contributed by atoms with Gasteiger partial charge in [0.25, 0.3) is 5.91 Å². The number of carboxylic acid groups (broad SMARTS) is 1. The Hall–Kier alpha value is -2.42. The van der Waals surface area contributed by atoms with E-state index < -0.39 is 18.4 Å². The average Bonchev–Trinajstić information content (AvgIpc) is 2.28. The summed E-state index contributed by atoms with van der Waals surface area (Å²) in [6, 6.07) is 0. The lowest BCUT2D eigenvalue weighted by Crippen LogP contribution is -2.36. The highest BCUT2D eigenvalue weighted by Gasteiger charge is 2.18. The fourth-order valence-electron chi connectivity index (χ4n) is 1.04. The van der Waals surface area contributed by atoms with Crippen molar-refractivity contribution in [3.8, 4) is 12.3 Å². The van der Waals surface area contributed by atoms with Gasteiger partial charge < -0.3 is 10.0 Å². The number of nitrogens with zero attached hydrogens (tertiary/aromatic N) is 3. The minimum Gasteiger partial charge on any atom is -0.480 e. The Morgan fingerprint density at radius 3 is 2.75 bits per heavy atom. The Kier molecular flexibility index (Phi) is 3.98. The van der Waals surface area contributed by atoms with Crippen LogP contribution in [0.15, 0.2) is 18.6 Å². The highest BCUT2D eigenvalue weighted by Crippen LogP contribution is 1.99. The number of rotatable bonds is 4. The van der Waals surface area contributed by atoms with Crippen molar-refractivity contribution < 1.29 is 14.7 Å². The molecule has 0 aliphatic heterocycles. The molecule has 0 saturated heterocycles. The summed E-state index contributed by atoms with van der Waals surface area (Å²) in [7, 11) is 0. The van der Waals surface area contributed by atoms with Gasteiger partial charge in [0.15, 0.2) is 0 Å². The maximum atomic E-state index is 11.7. The van der Waals surface area contributed by atoms with Gasteiger partial charge in [-0.3, -0.25) is 14.6 Å². The third-order valence-corrected chi connectivity index (χ3v) is 1.68. The van der Waals surface area contributed by atoms with Gasteiger partial charge in [-0.05, 0) is 0 Å². The summed E-state index contributed by atoms with van der Waals surface area (Å²) in [5.74, 6) is 0.538. The molecule has 1 aromatic rings. The van der Waals surface area contributed by atoms with E-state index in [-0.39, 0.29) is 12.2 Å². The number of aromatic nitrogens is 2. The SMILES string of the molecule is C#CCN(CC(=O)O)C(=O)c1cnccn1. The Labute approximate surface area is 91.9 Å². The predicted octanol–water partition coefficient (Wildman–Crippen LogP) is -0.363. The van der Waals surface area contributed by atoms with Gasteiger partial charge in [0.1, 0.15) is 12.2 Å². The third-order valence-electron chi connectivity index (χ3n) is 1.68. The van der Waals surface area contributed by atoms with Crippen molar-refractivity contribution in [1.82, 2.24) is 14.9 Å². The van der Waals surface area contributed by atoms with Gasteiger partial charge in [-0.25, -0.2) is 4.98 Å². The van der Waals surface area contributed by atoms with Crippen LogP contribution in [0.2, 0.25) is 0 Å². The number of hydrogen-bond acceptors (Lipinski definition) is 4. The Balaban J connectivity index is 2.84. The second kappa shape index (κ2) is 5.46. The van der Waals surface area contributed by atoms with E-state index in [0.717, 1.165) is 4.90 Å². The molecule has 1 aromatic heterocycles. The molecule has 0 unspecified atom stereocenters. The minimum absolute atomic E-state index is 0.0685. The first kappa shape index (κ1) is 11.7. The Bertz CT molecular complexity index is 425. The fraction of sp³-hybridized carbons (Fsp3) is 0.200. The minimum atomic E-state index is -1.13. The van der Waals surface area contributed by atoms with Crippen LogP contribution < -0.4 is 0 Å². The molecule has 82 valence electrons. The summed E-state index contributed by atoms with van der Waals surface area (Å²) >= 11 is 0. The van der Waals surface area contributed by atoms with Gasteiger partial charge in [0.2, 0.25) is 0 Å². The van der Waals surface area contributed by atoms with Crippen LogP contribution in [-0.2, 0) is 4.79 Å². The molecule has 1 heterocycles. The zero-order chi connectivity index (χ0) is 12.0. The van der Waals surface area contributed by atoms with Crippen molar-refractivity contribution in [3.05, 3.63) is 24.3 Å². The Morgan fingerprint density at radius 2 is 2.25 bits per heavy atom. The predicted molar refractivity (Wildman–Crippen MR) is 54.4 cm³/mol. The van der Waals surface area contributed by atoms with Crippen LogP contribution in [0.25, 0.3) is 0 Å². The van der Waals surface area contributed by atoms with Gasteiger partial charge in [0, 0.05) is 12.4 Å². The number of amides is 1. The van der Waals surface area contributed by atoms with E-state index >= 15 is 0 Å². The molecular formula is C10H9N3O3. The van der Waals surface area contributed by atoms with E-state index in [2.05, 4.69) is 15.9 Å². The summed E-state index contributed by atoms with van der Waals surface area (Å²) in [5, 5.41) is 8.61. The van der Waals surface area contributed by atoms with Crippen molar-refractivity contribution in [1.29, 1.82) is 0 Å². The first-order valence-electron chi connectivity index (χ1n) is 4.35. The number of terminal acetylenes is 1. The average molecular weight is 219 g/mol. The van der Waals surface area contributed by atoms with Gasteiger partial charge in [0.05, 0.1) is 12.7 Å². The molecular weight excluding hydrogens is 210 g/mol. The molecule has 6 nitrogen and oxygen atoms in total. The van der Waals surface area contributed by atoms with E-state index in [0.29, 0.717) is 0 Å². The number of carboxylic acids is 1. The second-order valence-corrected chi connectivity index (χ2v) is 2.85. The summed E-state index contributed by atoms with van der Waals surface area (Å²) in [4.78, 5) is 30.8. The fourth-order valence-corrected chi connectivity index (χ4v) is 1.04. The molecule has 16 heavy (non-hydrogen) atoms. The zero-order valence-corrected chi connectivity index (χ0v) is 8.33. The maximum absolute atomic E-state index is 11.7. The normalized spacial score (nSPS) is 9.19. The molecule has 0 atom stereocenters. The lowest BCUT2D eigenvalue weighted by atomic mass is 10.3. The molecule has 1 N–H and O–H groups in total. The molecule has 0 bridgehead atoms. The maximum Gasteiger partial charge on any atom is 0.323 e. The monoisotopic (exact) mass is 219 g/mol. The van der Waals surface area contributed by atoms with Crippen LogP contribution >= 0.6 is 0 Å². The first-order valence-corrected chi connectivity index (χ1v) is 4.35. The summed E-state index contributed by atoms with van der Waals surface area (Å²) in [5.41, 5.74) is 0.0685. The molecule has 0 fully saturated rings. The van der Waals surface area contributed by atoms with Crippen molar-refractivity contribution in [2.24, 2.45) is 0 Å². The van der Waals surface area contributed by atoms with Gasteiger partial charge >= 0.3 is 5.97 Å². The molecule has 0 aliphatic carbocycles. The van der Waals surface area contributed by atoms with Crippen LogP contribution in [0.5, 0.6) is 0 Å². The molecule has 0 spiro atoms. The smallest absolute Gasteiger partial charge is 0.323 e. The van der Waals surface area contributed by atoms with Crippen LogP contribution in [-0.4, -0.2) is 44.9 Å². The number of hydrogen-bond donors (Lipinski definition) is 1. The third kappa shape index (κ3) is 3.06. The number of aliphatic carboxylic acids is 1. The molecule has 0 saturated carbocycles. The van der Waals surface area contributed by atoms with Crippen molar-refractivity contribution in [2.75, 3.05) is 13.1 Å². The molecule has 6 heteroatoms. The first-order chi connectivity index (χ1) is 7.65. The Morgan fingerprint density at radius 1 is 1.50 bits per heavy atom. The van der Waals surface area contributed by atoms with E-state index in [4.69, 9.17) is 11.5 Å². The lowest BCUT2D eigenvalue weighted by molar-refractivity contribution is -0.137. The summed E-state index contributed by atoms with van der Waals surface area (Å²) < 4.78 is 0. The second-order valence-electron chi connectivity index (χ2n) is 2.85. The molecule has 0 aliphatic rings. The van der Waals surface area contributed by atoms with Gasteiger partial charge in [-0.2, -0.15) is 0 Å².